The molecule has 1 atom stereocenters. The van der Waals surface area contributed by atoms with Gasteiger partial charge in [0.25, 0.3) is 5.91 Å². The third kappa shape index (κ3) is 2.76. The number of nitrogens with one attached hydrogen (secondary N) is 1. The van der Waals surface area contributed by atoms with Crippen LogP contribution in [0, 0.1) is 6.92 Å². The number of anilines is 1. The number of fused-ring (bicyclic) bond motifs is 2. The predicted octanol–water partition coefficient (Wildman–Crippen LogP) is 4.69. The van der Waals surface area contributed by atoms with Crippen LogP contribution in [0.2, 0.25) is 0 Å². The van der Waals surface area contributed by atoms with Gasteiger partial charge in [-0.25, -0.2) is 0 Å². The number of nitrogens with zero attached hydrogens (tertiary/aromatic N) is 1. The van der Waals surface area contributed by atoms with Crippen molar-refractivity contribution in [3.63, 3.8) is 0 Å². The molecule has 2 N–H and O–H groups in total. The highest BCUT2D eigenvalue weighted by atomic mass is 16.3. The number of amides is 1. The summed E-state index contributed by atoms with van der Waals surface area (Å²) in [5.74, 6) is -0.274. The smallest absolute Gasteiger partial charge is 0.268 e. The third-order valence-corrected chi connectivity index (χ3v) is 6.08. The van der Waals surface area contributed by atoms with Crippen molar-refractivity contribution >= 4 is 22.5 Å². The Labute approximate surface area is 175 Å². The van der Waals surface area contributed by atoms with Crippen molar-refractivity contribution in [2.24, 2.45) is 0 Å². The number of rotatable bonds is 5. The van der Waals surface area contributed by atoms with E-state index in [-0.39, 0.29) is 5.91 Å². The summed E-state index contributed by atoms with van der Waals surface area (Å²) in [6.45, 7) is 2.48. The van der Waals surface area contributed by atoms with E-state index in [9.17, 15) is 9.90 Å². The van der Waals surface area contributed by atoms with Gasteiger partial charge in [-0.2, -0.15) is 0 Å². The van der Waals surface area contributed by atoms with E-state index in [0.29, 0.717) is 17.7 Å². The second kappa shape index (κ2) is 7.15. The Kier molecular flexibility index (Phi) is 4.44. The number of benzene rings is 3. The maximum atomic E-state index is 13.7. The van der Waals surface area contributed by atoms with Gasteiger partial charge in [-0.15, -0.1) is 0 Å². The molecule has 2 heterocycles. The zero-order valence-corrected chi connectivity index (χ0v) is 16.9. The van der Waals surface area contributed by atoms with Gasteiger partial charge in [0.15, 0.2) is 5.60 Å². The number of hydrogen-bond donors (Lipinski definition) is 2. The molecule has 5 rings (SSSR count). The van der Waals surface area contributed by atoms with Crippen LogP contribution in [0.1, 0.15) is 28.8 Å². The van der Waals surface area contributed by atoms with Crippen molar-refractivity contribution in [2.45, 2.75) is 25.4 Å². The number of aromatic amines is 1. The molecule has 0 saturated carbocycles. The normalized spacial score (nSPS) is 18.2. The molecule has 0 fully saturated rings. The maximum Gasteiger partial charge on any atom is 0.268 e. The van der Waals surface area contributed by atoms with Gasteiger partial charge in [0.05, 0.1) is 5.69 Å². The molecule has 1 aromatic heterocycles. The lowest BCUT2D eigenvalue weighted by Gasteiger charge is -2.24. The van der Waals surface area contributed by atoms with Crippen molar-refractivity contribution in [2.75, 3.05) is 11.4 Å². The van der Waals surface area contributed by atoms with Crippen molar-refractivity contribution in [1.29, 1.82) is 0 Å². The van der Waals surface area contributed by atoms with Crippen molar-refractivity contribution in [1.82, 2.24) is 4.98 Å². The summed E-state index contributed by atoms with van der Waals surface area (Å²) < 4.78 is 0. The summed E-state index contributed by atoms with van der Waals surface area (Å²) in [4.78, 5) is 18.8. The van der Waals surface area contributed by atoms with Crippen molar-refractivity contribution < 1.29 is 9.90 Å². The third-order valence-electron chi connectivity index (χ3n) is 6.08. The molecule has 3 aromatic carbocycles. The highest BCUT2D eigenvalue weighted by Gasteiger charge is 2.52. The van der Waals surface area contributed by atoms with E-state index in [2.05, 4.69) is 17.1 Å². The van der Waals surface area contributed by atoms with Gasteiger partial charge in [-0.3, -0.25) is 4.79 Å². The van der Waals surface area contributed by atoms with Crippen LogP contribution in [0.5, 0.6) is 0 Å². The Balaban J connectivity index is 1.54. The number of H-pyrrole nitrogens is 1. The number of aromatic nitrogens is 1. The van der Waals surface area contributed by atoms with Crippen molar-refractivity contribution in [3.8, 4) is 0 Å². The number of carbonyl (C=O) groups is 1. The van der Waals surface area contributed by atoms with Gasteiger partial charge < -0.3 is 15.0 Å². The molecule has 1 aliphatic rings. The van der Waals surface area contributed by atoms with Gasteiger partial charge in [0.2, 0.25) is 0 Å². The first kappa shape index (κ1) is 18.6. The van der Waals surface area contributed by atoms with Crippen LogP contribution in [0.15, 0.2) is 78.9 Å². The Hall–Kier alpha value is -3.37. The molecule has 4 aromatic rings. The lowest BCUT2D eigenvalue weighted by atomic mass is 9.85. The Morgan fingerprint density at radius 2 is 1.63 bits per heavy atom. The summed E-state index contributed by atoms with van der Waals surface area (Å²) in [7, 11) is 0. The van der Waals surface area contributed by atoms with Crippen LogP contribution < -0.4 is 4.90 Å². The van der Waals surface area contributed by atoms with Crippen molar-refractivity contribution in [3.05, 3.63) is 101 Å². The number of carbonyl (C=O) groups excluding carboxylic acids is 1. The van der Waals surface area contributed by atoms with E-state index >= 15 is 0 Å². The standard InChI is InChI=1S/C26H24N2O2/c1-18-24(20-13-5-7-15-22(20)27-18)26(30)21-14-6-8-16-23(21)28(25(26)29)17-9-12-19-10-3-2-4-11-19/h2-8,10-11,13-16,27,30H,9,12,17H2,1H3. The SMILES string of the molecule is Cc1[nH]c2ccccc2c1C1(O)C(=O)N(CCCc2ccccc2)c2ccccc21. The average Bonchev–Trinajstić information content (AvgIpc) is 3.22. The summed E-state index contributed by atoms with van der Waals surface area (Å²) >= 11 is 0. The monoisotopic (exact) mass is 396 g/mol. The number of hydrogen-bond acceptors (Lipinski definition) is 2. The molecule has 1 aliphatic heterocycles. The van der Waals surface area contributed by atoms with Crippen LogP contribution in [0.25, 0.3) is 10.9 Å². The number of para-hydroxylation sites is 2. The summed E-state index contributed by atoms with van der Waals surface area (Å²) in [5, 5.41) is 12.8. The fourth-order valence-corrected chi connectivity index (χ4v) is 4.73. The second-order valence-electron chi connectivity index (χ2n) is 7.94. The summed E-state index contributed by atoms with van der Waals surface area (Å²) in [6.07, 6.45) is 1.71. The minimum atomic E-state index is -1.69. The van der Waals surface area contributed by atoms with Crippen LogP contribution in [0.4, 0.5) is 5.69 Å². The predicted molar refractivity (Wildman–Crippen MR) is 120 cm³/mol. The highest BCUT2D eigenvalue weighted by molar-refractivity contribution is 6.11. The first-order valence-corrected chi connectivity index (χ1v) is 10.4. The number of aryl methyl sites for hydroxylation is 2. The minimum Gasteiger partial charge on any atom is -0.372 e. The van der Waals surface area contributed by atoms with Gasteiger partial charge in [0.1, 0.15) is 0 Å². The van der Waals surface area contributed by atoms with Gasteiger partial charge in [0, 0.05) is 34.3 Å². The van der Waals surface area contributed by atoms with Gasteiger partial charge in [-0.1, -0.05) is 66.7 Å². The Morgan fingerprint density at radius 1 is 0.933 bits per heavy atom. The van der Waals surface area contributed by atoms with Crippen LogP contribution in [-0.2, 0) is 16.8 Å². The second-order valence-corrected chi connectivity index (χ2v) is 7.94. The molecule has 0 saturated heterocycles. The quantitative estimate of drug-likeness (QED) is 0.514. The first-order chi connectivity index (χ1) is 14.6. The van der Waals surface area contributed by atoms with Gasteiger partial charge in [-0.05, 0) is 37.5 Å². The largest absolute Gasteiger partial charge is 0.372 e. The van der Waals surface area contributed by atoms with E-state index in [4.69, 9.17) is 0 Å². The van der Waals surface area contributed by atoms with Crippen LogP contribution >= 0.6 is 0 Å². The van der Waals surface area contributed by atoms with E-state index in [1.54, 1.807) is 4.90 Å². The van der Waals surface area contributed by atoms with Crippen LogP contribution in [0.3, 0.4) is 0 Å². The fraction of sp³-hybridized carbons (Fsp3) is 0.192. The molecule has 30 heavy (non-hydrogen) atoms. The van der Waals surface area contributed by atoms with E-state index in [0.717, 1.165) is 35.1 Å². The minimum absolute atomic E-state index is 0.274. The molecule has 1 amide bonds. The number of aliphatic hydroxyl groups is 1. The topological polar surface area (TPSA) is 56.3 Å². The first-order valence-electron chi connectivity index (χ1n) is 10.4. The lowest BCUT2D eigenvalue weighted by Crippen LogP contribution is -2.42. The molecule has 1 unspecified atom stereocenters. The zero-order valence-electron chi connectivity index (χ0n) is 16.9. The molecule has 0 bridgehead atoms. The molecular formula is C26H24N2O2. The molecule has 0 spiro atoms. The fourth-order valence-electron chi connectivity index (χ4n) is 4.73. The molecular weight excluding hydrogens is 372 g/mol. The van der Waals surface area contributed by atoms with E-state index in [1.807, 2.05) is 73.7 Å². The van der Waals surface area contributed by atoms with Gasteiger partial charge >= 0.3 is 0 Å². The molecule has 0 aliphatic carbocycles. The van der Waals surface area contributed by atoms with Crippen LogP contribution in [-0.4, -0.2) is 22.5 Å². The molecule has 4 nitrogen and oxygen atoms in total. The molecule has 150 valence electrons. The van der Waals surface area contributed by atoms with E-state index in [1.165, 1.54) is 5.56 Å². The summed E-state index contributed by atoms with van der Waals surface area (Å²) in [5.41, 5.74) is 3.40. The lowest BCUT2D eigenvalue weighted by molar-refractivity contribution is -0.132. The zero-order chi connectivity index (χ0) is 20.7. The van der Waals surface area contributed by atoms with E-state index < -0.39 is 5.60 Å². The maximum absolute atomic E-state index is 13.7. The average molecular weight is 396 g/mol. The Bertz CT molecular complexity index is 1230. The highest BCUT2D eigenvalue weighted by Crippen LogP contribution is 2.47. The Morgan fingerprint density at radius 3 is 2.47 bits per heavy atom. The summed E-state index contributed by atoms with van der Waals surface area (Å²) in [6, 6.07) is 25.7. The molecule has 4 heteroatoms. The molecule has 0 radical (unpaired) electrons.